The normalized spacial score (nSPS) is 38.4. The third-order valence-electron chi connectivity index (χ3n) is 3.82. The minimum atomic E-state index is -1.87. The molecule has 8 heteroatoms. The second kappa shape index (κ2) is 5.16. The summed E-state index contributed by atoms with van der Waals surface area (Å²) in [6.07, 6.45) is -5.49. The van der Waals surface area contributed by atoms with Crippen molar-refractivity contribution in [2.45, 2.75) is 30.3 Å². The molecule has 2 saturated heterocycles. The third-order valence-corrected chi connectivity index (χ3v) is 4.12. The van der Waals surface area contributed by atoms with Gasteiger partial charge in [0.1, 0.15) is 24.9 Å². The van der Waals surface area contributed by atoms with Crippen LogP contribution in [0, 0.1) is 0 Å². The van der Waals surface area contributed by atoms with Crippen LogP contribution >= 0.6 is 12.2 Å². The van der Waals surface area contributed by atoms with Gasteiger partial charge >= 0.3 is 0 Å². The molecule has 1 aromatic carbocycles. The Labute approximate surface area is 126 Å². The fourth-order valence-corrected chi connectivity index (χ4v) is 3.06. The van der Waals surface area contributed by atoms with Gasteiger partial charge in [-0.2, -0.15) is 0 Å². The largest absolute Gasteiger partial charge is 0.387 e. The van der Waals surface area contributed by atoms with E-state index in [-0.39, 0.29) is 11.7 Å². The quantitative estimate of drug-likeness (QED) is 0.413. The lowest BCUT2D eigenvalue weighted by Crippen LogP contribution is -2.71. The first-order chi connectivity index (χ1) is 9.95. The molecule has 21 heavy (non-hydrogen) atoms. The molecular weight excluding hydrogens is 296 g/mol. The lowest BCUT2D eigenvalue weighted by Gasteiger charge is -2.47. The smallest absolute Gasteiger partial charge is 0.194 e. The Morgan fingerprint density at radius 2 is 1.90 bits per heavy atom. The van der Waals surface area contributed by atoms with Crippen LogP contribution in [0.2, 0.25) is 0 Å². The van der Waals surface area contributed by atoms with Gasteiger partial charge in [-0.1, -0.05) is 18.2 Å². The molecule has 0 radical (unpaired) electrons. The minimum Gasteiger partial charge on any atom is -0.387 e. The van der Waals surface area contributed by atoms with Crippen LogP contribution in [-0.2, 0) is 4.74 Å². The van der Waals surface area contributed by atoms with Crippen LogP contribution in [0.5, 0.6) is 0 Å². The Kier molecular flexibility index (Phi) is 3.60. The molecule has 0 amide bonds. The Hall–Kier alpha value is -1.29. The summed E-state index contributed by atoms with van der Waals surface area (Å²) in [5.74, 6) is 0. The van der Waals surface area contributed by atoms with Gasteiger partial charge in [-0.25, -0.2) is 0 Å². The van der Waals surface area contributed by atoms with Crippen LogP contribution in [0.1, 0.15) is 0 Å². The Morgan fingerprint density at radius 3 is 2.57 bits per heavy atom. The number of hydrogen-bond donors (Lipinski definition) is 5. The predicted octanol–water partition coefficient (Wildman–Crippen LogP) is -1.17. The summed E-state index contributed by atoms with van der Waals surface area (Å²) in [5.41, 5.74) is -1.18. The van der Waals surface area contributed by atoms with E-state index in [0.29, 0.717) is 5.69 Å². The van der Waals surface area contributed by atoms with Gasteiger partial charge in [0.25, 0.3) is 0 Å². The number of aliphatic hydroxyl groups excluding tert-OH is 3. The average Bonchev–Trinajstić information content (AvgIpc) is 2.81. The Morgan fingerprint density at radius 1 is 1.24 bits per heavy atom. The van der Waals surface area contributed by atoms with E-state index in [4.69, 9.17) is 17.0 Å². The lowest BCUT2D eigenvalue weighted by molar-refractivity contribution is -0.229. The van der Waals surface area contributed by atoms with E-state index in [9.17, 15) is 20.4 Å². The fourth-order valence-electron chi connectivity index (χ4n) is 2.68. The zero-order valence-corrected chi connectivity index (χ0v) is 11.8. The summed E-state index contributed by atoms with van der Waals surface area (Å²) < 4.78 is 5.28. The van der Waals surface area contributed by atoms with E-state index >= 15 is 0 Å². The first-order valence-corrected chi connectivity index (χ1v) is 6.89. The van der Waals surface area contributed by atoms with Gasteiger partial charge in [0, 0.05) is 5.69 Å². The van der Waals surface area contributed by atoms with Crippen molar-refractivity contribution in [3.63, 3.8) is 0 Å². The minimum absolute atomic E-state index is 0.0937. The van der Waals surface area contributed by atoms with Crippen molar-refractivity contribution in [3.05, 3.63) is 30.3 Å². The summed E-state index contributed by atoms with van der Waals surface area (Å²) in [5, 5.41) is 43.3. The maximum atomic E-state index is 10.5. The highest BCUT2D eigenvalue weighted by Crippen LogP contribution is 2.38. The van der Waals surface area contributed by atoms with Crippen LogP contribution < -0.4 is 5.32 Å². The number of nitrogens with one attached hydrogen (secondary N) is 1. The zero-order chi connectivity index (χ0) is 15.2. The standard InChI is InChI=1S/C13H16N2O5S/c16-8-9(17)11-15(13(19,6-20-11)10(8)18)12(21)14-7-4-2-1-3-5-7/h1-5,8-11,16-19H,6H2,(H,14,21)/t8-,9+,10-,11+,13-/m0/s1. The highest BCUT2D eigenvalue weighted by molar-refractivity contribution is 7.80. The molecule has 0 aliphatic carbocycles. The van der Waals surface area contributed by atoms with E-state index in [0.717, 1.165) is 0 Å². The first kappa shape index (κ1) is 14.6. The molecule has 3 rings (SSSR count). The van der Waals surface area contributed by atoms with Gasteiger partial charge in [0.15, 0.2) is 17.1 Å². The number of rotatable bonds is 1. The van der Waals surface area contributed by atoms with Gasteiger partial charge in [-0.15, -0.1) is 0 Å². The van der Waals surface area contributed by atoms with Gasteiger partial charge in [-0.05, 0) is 24.4 Å². The molecule has 1 aromatic rings. The molecule has 2 fully saturated rings. The number of para-hydroxylation sites is 1. The number of anilines is 1. The van der Waals surface area contributed by atoms with Gasteiger partial charge in [0.05, 0.1) is 0 Å². The predicted molar refractivity (Wildman–Crippen MR) is 77.2 cm³/mol. The van der Waals surface area contributed by atoms with Crippen molar-refractivity contribution in [1.29, 1.82) is 0 Å². The Balaban J connectivity index is 1.86. The van der Waals surface area contributed by atoms with Crippen molar-refractivity contribution in [1.82, 2.24) is 4.90 Å². The molecule has 0 unspecified atom stereocenters. The SMILES string of the molecule is O[C@@H]1[C@H](O)[C@H](O)[C@@]2(O)CO[C@H]1N2C(=S)Nc1ccccc1. The molecule has 114 valence electrons. The van der Waals surface area contributed by atoms with Gasteiger partial charge < -0.3 is 30.5 Å². The zero-order valence-electron chi connectivity index (χ0n) is 11.0. The number of fused-ring (bicyclic) bond motifs is 2. The summed E-state index contributed by atoms with van der Waals surface area (Å²) >= 11 is 5.24. The monoisotopic (exact) mass is 312 g/mol. The molecule has 5 atom stereocenters. The topological polar surface area (TPSA) is 105 Å². The molecule has 2 heterocycles. The summed E-state index contributed by atoms with van der Waals surface area (Å²) in [6, 6.07) is 9.04. The second-order valence-electron chi connectivity index (χ2n) is 5.17. The maximum Gasteiger partial charge on any atom is 0.194 e. The van der Waals surface area contributed by atoms with E-state index in [1.54, 1.807) is 12.1 Å². The van der Waals surface area contributed by atoms with Crippen LogP contribution in [0.15, 0.2) is 30.3 Å². The van der Waals surface area contributed by atoms with Crippen LogP contribution in [-0.4, -0.2) is 67.3 Å². The number of nitrogens with zero attached hydrogens (tertiary/aromatic N) is 1. The van der Waals surface area contributed by atoms with Crippen LogP contribution in [0.3, 0.4) is 0 Å². The summed E-state index contributed by atoms with van der Waals surface area (Å²) in [4.78, 5) is 1.19. The van der Waals surface area contributed by atoms with Crippen molar-refractivity contribution < 1.29 is 25.2 Å². The number of thiocarbonyl (C=S) groups is 1. The van der Waals surface area contributed by atoms with E-state index < -0.39 is 30.3 Å². The maximum absolute atomic E-state index is 10.5. The van der Waals surface area contributed by atoms with Crippen LogP contribution in [0.4, 0.5) is 5.69 Å². The van der Waals surface area contributed by atoms with Gasteiger partial charge in [-0.3, -0.25) is 4.90 Å². The first-order valence-electron chi connectivity index (χ1n) is 6.49. The summed E-state index contributed by atoms with van der Waals surface area (Å²) in [7, 11) is 0. The number of hydrogen-bond acceptors (Lipinski definition) is 6. The van der Waals surface area contributed by atoms with Crippen molar-refractivity contribution in [2.24, 2.45) is 0 Å². The van der Waals surface area contributed by atoms with E-state index in [2.05, 4.69) is 5.32 Å². The molecule has 2 bridgehead atoms. The fraction of sp³-hybridized carbons (Fsp3) is 0.462. The molecule has 2 aliphatic heterocycles. The summed E-state index contributed by atoms with van der Waals surface area (Å²) in [6.45, 7) is -0.260. The van der Waals surface area contributed by atoms with Crippen molar-refractivity contribution >= 4 is 23.0 Å². The average molecular weight is 312 g/mol. The van der Waals surface area contributed by atoms with E-state index in [1.807, 2.05) is 18.2 Å². The van der Waals surface area contributed by atoms with Gasteiger partial charge in [0.2, 0.25) is 0 Å². The molecule has 0 spiro atoms. The van der Waals surface area contributed by atoms with E-state index in [1.165, 1.54) is 4.90 Å². The molecule has 0 saturated carbocycles. The molecule has 2 aliphatic rings. The Bertz CT molecular complexity index is 545. The van der Waals surface area contributed by atoms with Crippen molar-refractivity contribution in [2.75, 3.05) is 11.9 Å². The third kappa shape index (κ3) is 2.20. The number of aliphatic hydroxyl groups is 4. The highest BCUT2D eigenvalue weighted by Gasteiger charge is 2.62. The molecular formula is C13H16N2O5S. The molecule has 7 nitrogen and oxygen atoms in total. The lowest BCUT2D eigenvalue weighted by atomic mass is 9.92. The number of benzene rings is 1. The molecule has 0 aromatic heterocycles. The van der Waals surface area contributed by atoms with Crippen LogP contribution in [0.25, 0.3) is 0 Å². The molecule has 5 N–H and O–H groups in total. The number of piperidine rings is 1. The highest BCUT2D eigenvalue weighted by atomic mass is 32.1. The second-order valence-corrected chi connectivity index (χ2v) is 5.56. The number of ether oxygens (including phenoxy) is 1. The van der Waals surface area contributed by atoms with Crippen molar-refractivity contribution in [3.8, 4) is 0 Å².